The zero-order chi connectivity index (χ0) is 12.2. The monoisotopic (exact) mass is 248 g/mol. The summed E-state index contributed by atoms with van der Waals surface area (Å²) in [7, 11) is -2.58. The van der Waals surface area contributed by atoms with E-state index in [-0.39, 0.29) is 5.41 Å². The van der Waals surface area contributed by atoms with Gasteiger partial charge in [-0.15, -0.1) is 0 Å². The Morgan fingerprint density at radius 1 is 1.31 bits per heavy atom. The lowest BCUT2D eigenvalue weighted by Crippen LogP contribution is -2.42. The van der Waals surface area contributed by atoms with Crippen LogP contribution in [0.5, 0.6) is 0 Å². The molecular formula is C11H25N2O2P. The third-order valence-corrected chi connectivity index (χ3v) is 5.22. The van der Waals surface area contributed by atoms with Gasteiger partial charge in [0, 0.05) is 32.3 Å². The first-order valence-electron chi connectivity index (χ1n) is 6.07. The van der Waals surface area contributed by atoms with Crippen LogP contribution in [0.1, 0.15) is 27.7 Å². The van der Waals surface area contributed by atoms with Crippen molar-refractivity contribution < 1.29 is 9.09 Å². The summed E-state index contributed by atoms with van der Waals surface area (Å²) in [6.45, 7) is 12.3. The zero-order valence-corrected chi connectivity index (χ0v) is 11.8. The van der Waals surface area contributed by atoms with Gasteiger partial charge in [-0.1, -0.05) is 27.7 Å². The lowest BCUT2D eigenvalue weighted by molar-refractivity contribution is 0.174. The smallest absolute Gasteiger partial charge is 0.272 e. The Morgan fingerprint density at radius 3 is 2.31 bits per heavy atom. The lowest BCUT2D eigenvalue weighted by atomic mass is 9.99. The molecule has 1 unspecified atom stereocenters. The van der Waals surface area contributed by atoms with Crippen molar-refractivity contribution in [2.45, 2.75) is 27.7 Å². The molecule has 16 heavy (non-hydrogen) atoms. The highest BCUT2D eigenvalue weighted by Crippen LogP contribution is 2.51. The van der Waals surface area contributed by atoms with Crippen molar-refractivity contribution in [1.29, 1.82) is 0 Å². The number of hydrogen-bond donors (Lipinski definition) is 1. The number of nitrogens with zero attached hydrogens (tertiary/aromatic N) is 1. The molecule has 1 fully saturated rings. The third-order valence-electron chi connectivity index (χ3n) is 2.62. The van der Waals surface area contributed by atoms with Gasteiger partial charge in [-0.3, -0.25) is 4.57 Å². The molecule has 96 valence electrons. The van der Waals surface area contributed by atoms with Crippen molar-refractivity contribution in [3.8, 4) is 0 Å². The van der Waals surface area contributed by atoms with E-state index in [1.165, 1.54) is 0 Å². The van der Waals surface area contributed by atoms with E-state index >= 15 is 0 Å². The Labute approximate surface area is 99.2 Å². The first kappa shape index (κ1) is 14.2. The molecule has 1 atom stereocenters. The normalized spacial score (nSPS) is 23.0. The van der Waals surface area contributed by atoms with Crippen molar-refractivity contribution >= 4 is 7.52 Å². The van der Waals surface area contributed by atoms with Gasteiger partial charge < -0.3 is 9.84 Å². The minimum atomic E-state index is -2.58. The van der Waals surface area contributed by atoms with Crippen molar-refractivity contribution in [2.24, 2.45) is 5.41 Å². The molecule has 1 aliphatic rings. The van der Waals surface area contributed by atoms with Crippen LogP contribution in [0.4, 0.5) is 0 Å². The van der Waals surface area contributed by atoms with Gasteiger partial charge in [0.05, 0.1) is 6.61 Å². The lowest BCUT2D eigenvalue weighted by Gasteiger charge is -2.35. The van der Waals surface area contributed by atoms with Gasteiger partial charge in [0.2, 0.25) is 0 Å². The SMILES string of the molecule is CCP(=O)(OCC(C)(C)C)N1CCNCC1. The minimum Gasteiger partial charge on any atom is -0.317 e. The van der Waals surface area contributed by atoms with Gasteiger partial charge in [0.15, 0.2) is 0 Å². The van der Waals surface area contributed by atoms with Crippen LogP contribution in [-0.2, 0) is 9.09 Å². The molecule has 1 saturated heterocycles. The summed E-state index contributed by atoms with van der Waals surface area (Å²) in [6, 6.07) is 0. The third kappa shape index (κ3) is 4.17. The Balaban J connectivity index is 2.58. The van der Waals surface area contributed by atoms with E-state index < -0.39 is 7.52 Å². The van der Waals surface area contributed by atoms with Crippen molar-refractivity contribution in [3.63, 3.8) is 0 Å². The minimum absolute atomic E-state index is 0.0683. The van der Waals surface area contributed by atoms with Gasteiger partial charge >= 0.3 is 0 Å². The molecular weight excluding hydrogens is 223 g/mol. The van der Waals surface area contributed by atoms with Crippen LogP contribution in [0.15, 0.2) is 0 Å². The second-order valence-electron chi connectivity index (χ2n) is 5.49. The molecule has 1 N–H and O–H groups in total. The average molecular weight is 248 g/mol. The standard InChI is InChI=1S/C11H25N2O2P/c1-5-16(14,15-10-11(2,3)4)13-8-6-12-7-9-13/h12H,5-10H2,1-4H3. The fourth-order valence-electron chi connectivity index (χ4n) is 1.63. The molecule has 0 aromatic heterocycles. The fourth-order valence-corrected chi connectivity index (χ4v) is 3.77. The predicted octanol–water partition coefficient (Wildman–Crippen LogP) is 2.17. The summed E-state index contributed by atoms with van der Waals surface area (Å²) in [5.74, 6) is 0. The molecule has 4 nitrogen and oxygen atoms in total. The quantitative estimate of drug-likeness (QED) is 0.774. The number of piperazine rings is 1. The Kier molecular flexibility index (Phi) is 4.99. The number of hydrogen-bond acceptors (Lipinski definition) is 3. The second-order valence-corrected chi connectivity index (χ2v) is 8.22. The summed E-state index contributed by atoms with van der Waals surface area (Å²) < 4.78 is 20.4. The molecule has 1 aliphatic heterocycles. The molecule has 1 rings (SSSR count). The molecule has 0 aromatic carbocycles. The summed E-state index contributed by atoms with van der Waals surface area (Å²) in [5, 5.41) is 3.26. The van der Waals surface area contributed by atoms with Crippen LogP contribution in [0, 0.1) is 5.41 Å². The molecule has 0 spiro atoms. The number of rotatable bonds is 4. The number of nitrogens with one attached hydrogen (secondary N) is 1. The molecule has 0 aromatic rings. The van der Waals surface area contributed by atoms with E-state index in [9.17, 15) is 4.57 Å². The Hall–Kier alpha value is 0.110. The van der Waals surface area contributed by atoms with E-state index in [1.54, 1.807) is 0 Å². The second kappa shape index (κ2) is 5.63. The van der Waals surface area contributed by atoms with E-state index in [4.69, 9.17) is 4.52 Å². The topological polar surface area (TPSA) is 41.6 Å². The summed E-state index contributed by atoms with van der Waals surface area (Å²) in [5.41, 5.74) is 0.0683. The van der Waals surface area contributed by atoms with Crippen LogP contribution >= 0.6 is 7.52 Å². The van der Waals surface area contributed by atoms with Gasteiger partial charge in [0.1, 0.15) is 0 Å². The molecule has 0 saturated carbocycles. The van der Waals surface area contributed by atoms with Crippen LogP contribution in [0.3, 0.4) is 0 Å². The largest absolute Gasteiger partial charge is 0.317 e. The predicted molar refractivity (Wildman–Crippen MR) is 68.0 cm³/mol. The highest BCUT2D eigenvalue weighted by molar-refractivity contribution is 7.56. The maximum atomic E-state index is 12.7. The summed E-state index contributed by atoms with van der Waals surface area (Å²) in [6.07, 6.45) is 0.600. The highest BCUT2D eigenvalue weighted by Gasteiger charge is 2.32. The average Bonchev–Trinajstić information content (AvgIpc) is 2.26. The maximum Gasteiger partial charge on any atom is 0.272 e. The van der Waals surface area contributed by atoms with E-state index in [2.05, 4.69) is 26.1 Å². The van der Waals surface area contributed by atoms with E-state index in [0.29, 0.717) is 12.8 Å². The fraction of sp³-hybridized carbons (Fsp3) is 1.00. The van der Waals surface area contributed by atoms with Gasteiger partial charge in [-0.05, 0) is 5.41 Å². The Morgan fingerprint density at radius 2 is 1.88 bits per heavy atom. The molecule has 1 heterocycles. The van der Waals surface area contributed by atoms with Crippen LogP contribution < -0.4 is 5.32 Å². The first-order valence-corrected chi connectivity index (χ1v) is 7.83. The van der Waals surface area contributed by atoms with Crippen molar-refractivity contribution in [2.75, 3.05) is 38.9 Å². The van der Waals surface area contributed by atoms with Crippen molar-refractivity contribution in [1.82, 2.24) is 9.99 Å². The first-order chi connectivity index (χ1) is 7.37. The summed E-state index contributed by atoms with van der Waals surface area (Å²) in [4.78, 5) is 0. The summed E-state index contributed by atoms with van der Waals surface area (Å²) >= 11 is 0. The maximum absolute atomic E-state index is 12.7. The van der Waals surface area contributed by atoms with Crippen LogP contribution in [-0.4, -0.2) is 43.6 Å². The molecule has 0 radical (unpaired) electrons. The van der Waals surface area contributed by atoms with Gasteiger partial charge in [-0.25, -0.2) is 4.67 Å². The Bertz CT molecular complexity index is 257. The van der Waals surface area contributed by atoms with Crippen LogP contribution in [0.25, 0.3) is 0 Å². The molecule has 0 bridgehead atoms. The molecule has 0 aliphatic carbocycles. The van der Waals surface area contributed by atoms with Gasteiger partial charge in [0.25, 0.3) is 7.52 Å². The molecule has 5 heteroatoms. The van der Waals surface area contributed by atoms with Gasteiger partial charge in [-0.2, -0.15) is 0 Å². The van der Waals surface area contributed by atoms with Crippen molar-refractivity contribution in [3.05, 3.63) is 0 Å². The molecule has 0 amide bonds. The zero-order valence-electron chi connectivity index (χ0n) is 11.0. The highest BCUT2D eigenvalue weighted by atomic mass is 31.2. The van der Waals surface area contributed by atoms with Crippen LogP contribution in [0.2, 0.25) is 0 Å². The van der Waals surface area contributed by atoms with E-state index in [1.807, 2.05) is 11.6 Å². The van der Waals surface area contributed by atoms with E-state index in [0.717, 1.165) is 26.2 Å².